The zero-order valence-electron chi connectivity index (χ0n) is 19.5. The maximum absolute atomic E-state index is 14.8. The smallest absolute Gasteiger partial charge is 0.250 e. The summed E-state index contributed by atoms with van der Waals surface area (Å²) in [6, 6.07) is 5.05. The Labute approximate surface area is 200 Å². The van der Waals surface area contributed by atoms with E-state index >= 15 is 0 Å². The van der Waals surface area contributed by atoms with Crippen molar-refractivity contribution >= 4 is 12.0 Å². The Balaban J connectivity index is 1.67. The molecule has 0 unspecified atom stereocenters. The van der Waals surface area contributed by atoms with E-state index in [1.165, 1.54) is 24.2 Å². The van der Waals surface area contributed by atoms with Crippen LogP contribution in [0.2, 0.25) is 0 Å². The summed E-state index contributed by atoms with van der Waals surface area (Å²) in [5, 5.41) is 10.4. The number of carbonyl (C=O) groups excluding carboxylic acids is 1. The van der Waals surface area contributed by atoms with Gasteiger partial charge in [-0.1, -0.05) is 13.0 Å². The highest BCUT2D eigenvalue weighted by Gasteiger charge is 2.36. The van der Waals surface area contributed by atoms with Gasteiger partial charge in [-0.25, -0.2) is 22.5 Å². The predicted molar refractivity (Wildman–Crippen MR) is 122 cm³/mol. The van der Waals surface area contributed by atoms with Crippen LogP contribution in [0.5, 0.6) is 0 Å². The normalized spacial score (nSPS) is 19.3. The van der Waals surface area contributed by atoms with Crippen molar-refractivity contribution in [2.24, 2.45) is 5.92 Å². The summed E-state index contributed by atoms with van der Waals surface area (Å²) in [7, 11) is 0. The van der Waals surface area contributed by atoms with Gasteiger partial charge in [-0.15, -0.1) is 0 Å². The van der Waals surface area contributed by atoms with Crippen molar-refractivity contribution in [3.63, 3.8) is 0 Å². The molecule has 35 heavy (non-hydrogen) atoms. The minimum absolute atomic E-state index is 0.0478. The van der Waals surface area contributed by atoms with Gasteiger partial charge in [-0.2, -0.15) is 0 Å². The molecule has 0 radical (unpaired) electrons. The second-order valence-electron chi connectivity index (χ2n) is 9.05. The number of hydrogen-bond donors (Lipinski definition) is 1. The highest BCUT2D eigenvalue weighted by molar-refractivity contribution is 5.99. The first kappa shape index (κ1) is 24.7. The van der Waals surface area contributed by atoms with Gasteiger partial charge in [0.2, 0.25) is 5.91 Å². The molecule has 3 aromatic rings. The lowest BCUT2D eigenvalue weighted by Gasteiger charge is -2.40. The summed E-state index contributed by atoms with van der Waals surface area (Å²) in [5.41, 5.74) is 1.83. The van der Waals surface area contributed by atoms with E-state index in [1.54, 1.807) is 35.9 Å². The number of carbonyl (C=O) groups is 1. The largest absolute Gasteiger partial charge is 0.391 e. The lowest BCUT2D eigenvalue weighted by molar-refractivity contribution is -0.135. The third-order valence-corrected chi connectivity index (χ3v) is 6.06. The molecule has 184 valence electrons. The molecule has 1 fully saturated rings. The third-order valence-electron chi connectivity index (χ3n) is 6.06. The molecule has 1 aromatic heterocycles. The summed E-state index contributed by atoms with van der Waals surface area (Å²) in [6.45, 7) is 5.30. The number of halogens is 4. The van der Waals surface area contributed by atoms with Gasteiger partial charge in [-0.05, 0) is 67.7 Å². The SMILES string of the molecule is Cc1cn(-c2ccc(/C=C3\C[C@@H](C)CN([C@H](c4cc(F)c(F)c(F)c4)[C@@H](C)O)C3=O)cc2F)cn1. The molecular formula is C26H25F4N3O2. The van der Waals surface area contributed by atoms with Crippen molar-refractivity contribution in [3.8, 4) is 5.69 Å². The van der Waals surface area contributed by atoms with Crippen LogP contribution in [0.3, 0.4) is 0 Å². The molecule has 0 saturated carbocycles. The van der Waals surface area contributed by atoms with E-state index in [0.29, 0.717) is 23.2 Å². The highest BCUT2D eigenvalue weighted by Crippen LogP contribution is 2.34. The Morgan fingerprint density at radius 3 is 2.37 bits per heavy atom. The lowest BCUT2D eigenvalue weighted by atomic mass is 9.89. The fourth-order valence-corrected chi connectivity index (χ4v) is 4.53. The first-order valence-electron chi connectivity index (χ1n) is 11.2. The van der Waals surface area contributed by atoms with Crippen molar-refractivity contribution < 1.29 is 27.5 Å². The van der Waals surface area contributed by atoms with E-state index in [1.807, 2.05) is 6.92 Å². The maximum atomic E-state index is 14.8. The van der Waals surface area contributed by atoms with Crippen LogP contribution < -0.4 is 0 Å². The number of aromatic nitrogens is 2. The van der Waals surface area contributed by atoms with E-state index in [2.05, 4.69) is 4.98 Å². The summed E-state index contributed by atoms with van der Waals surface area (Å²) in [4.78, 5) is 18.8. The third kappa shape index (κ3) is 5.00. The number of hydrogen-bond acceptors (Lipinski definition) is 3. The second-order valence-corrected chi connectivity index (χ2v) is 9.05. The zero-order valence-corrected chi connectivity index (χ0v) is 19.5. The topological polar surface area (TPSA) is 58.4 Å². The van der Waals surface area contributed by atoms with Gasteiger partial charge >= 0.3 is 0 Å². The Hall–Kier alpha value is -3.46. The van der Waals surface area contributed by atoms with Crippen LogP contribution >= 0.6 is 0 Å². The fraction of sp³-hybridized carbons (Fsp3) is 0.308. The summed E-state index contributed by atoms with van der Waals surface area (Å²) < 4.78 is 57.7. The molecule has 3 atom stereocenters. The number of aryl methyl sites for hydroxylation is 1. The number of aliphatic hydroxyl groups is 1. The number of rotatable bonds is 5. The fourth-order valence-electron chi connectivity index (χ4n) is 4.53. The Morgan fingerprint density at radius 1 is 1.11 bits per heavy atom. The molecule has 1 aliphatic rings. The number of benzene rings is 2. The first-order chi connectivity index (χ1) is 16.5. The molecule has 1 N–H and O–H groups in total. The molecule has 0 bridgehead atoms. The van der Waals surface area contributed by atoms with Gasteiger partial charge in [-0.3, -0.25) is 4.79 Å². The monoisotopic (exact) mass is 487 g/mol. The van der Waals surface area contributed by atoms with Crippen molar-refractivity contribution in [1.29, 1.82) is 0 Å². The van der Waals surface area contributed by atoms with Crippen molar-refractivity contribution in [2.75, 3.05) is 6.54 Å². The molecule has 5 nitrogen and oxygen atoms in total. The van der Waals surface area contributed by atoms with E-state index in [-0.39, 0.29) is 18.0 Å². The molecule has 0 aliphatic carbocycles. The first-order valence-corrected chi connectivity index (χ1v) is 11.2. The molecule has 4 rings (SSSR count). The van der Waals surface area contributed by atoms with Crippen LogP contribution in [0.4, 0.5) is 17.6 Å². The number of amides is 1. The van der Waals surface area contributed by atoms with Gasteiger partial charge in [0.25, 0.3) is 0 Å². The standard InChI is InChI=1S/C26H25F4N3O2/c1-14-6-19(7-17-4-5-23(20(27)8-17)32-12-15(2)31-13-32)26(35)33(11-14)25(16(3)34)18-9-21(28)24(30)22(29)10-18/h4-5,7-10,12-14,16,25,34H,6,11H2,1-3H3/b19-7+/t14-,16-,25+/m1/s1. The summed E-state index contributed by atoms with van der Waals surface area (Å²) in [5.74, 6) is -5.41. The maximum Gasteiger partial charge on any atom is 0.250 e. The minimum Gasteiger partial charge on any atom is -0.391 e. The van der Waals surface area contributed by atoms with Gasteiger partial charge in [0.15, 0.2) is 17.5 Å². The van der Waals surface area contributed by atoms with Crippen molar-refractivity contribution in [1.82, 2.24) is 14.5 Å². The highest BCUT2D eigenvalue weighted by atomic mass is 19.2. The van der Waals surface area contributed by atoms with Gasteiger partial charge in [0.05, 0.1) is 29.9 Å². The molecule has 9 heteroatoms. The van der Waals surface area contributed by atoms with Crippen LogP contribution in [0.1, 0.15) is 43.1 Å². The average molecular weight is 487 g/mol. The van der Waals surface area contributed by atoms with E-state index in [0.717, 1.165) is 17.8 Å². The Morgan fingerprint density at radius 2 is 1.80 bits per heavy atom. The molecule has 1 aliphatic heterocycles. The van der Waals surface area contributed by atoms with Crippen LogP contribution in [0.25, 0.3) is 11.8 Å². The number of nitrogens with zero attached hydrogens (tertiary/aromatic N) is 3. The molecule has 1 amide bonds. The van der Waals surface area contributed by atoms with Gasteiger partial charge in [0, 0.05) is 18.3 Å². The van der Waals surface area contributed by atoms with Crippen LogP contribution in [0, 0.1) is 36.1 Å². The number of piperidine rings is 1. The Kier molecular flexibility index (Phi) is 6.80. The molecule has 0 spiro atoms. The Bertz CT molecular complexity index is 1280. The van der Waals surface area contributed by atoms with Gasteiger partial charge in [0.1, 0.15) is 5.82 Å². The predicted octanol–water partition coefficient (Wildman–Crippen LogP) is 5.11. The minimum atomic E-state index is -1.62. The van der Waals surface area contributed by atoms with Crippen molar-refractivity contribution in [2.45, 2.75) is 39.3 Å². The molecule has 2 aromatic carbocycles. The van der Waals surface area contributed by atoms with Crippen molar-refractivity contribution in [3.05, 3.63) is 88.5 Å². The molecular weight excluding hydrogens is 462 g/mol. The number of aliphatic hydroxyl groups excluding tert-OH is 1. The zero-order chi connectivity index (χ0) is 25.4. The van der Waals surface area contributed by atoms with E-state index < -0.39 is 41.3 Å². The van der Waals surface area contributed by atoms with Crippen LogP contribution in [-0.2, 0) is 4.79 Å². The van der Waals surface area contributed by atoms with Gasteiger partial charge < -0.3 is 14.6 Å². The second kappa shape index (κ2) is 9.65. The molecule has 2 heterocycles. The van der Waals surface area contributed by atoms with Crippen LogP contribution in [0.15, 0.2) is 48.4 Å². The summed E-state index contributed by atoms with van der Waals surface area (Å²) >= 11 is 0. The van der Waals surface area contributed by atoms with E-state index in [9.17, 15) is 27.5 Å². The quantitative estimate of drug-likeness (QED) is 0.309. The van der Waals surface area contributed by atoms with E-state index in [4.69, 9.17) is 0 Å². The summed E-state index contributed by atoms with van der Waals surface area (Å²) in [6.07, 6.45) is 3.98. The average Bonchev–Trinajstić information content (AvgIpc) is 3.21. The lowest BCUT2D eigenvalue weighted by Crippen LogP contribution is -2.46. The number of imidazole rings is 1. The van der Waals surface area contributed by atoms with Crippen LogP contribution in [-0.4, -0.2) is 38.1 Å². The number of likely N-dealkylation sites (tertiary alicyclic amines) is 1. The molecule has 1 saturated heterocycles.